The molecule has 0 aliphatic heterocycles. The molecule has 4 nitrogen and oxygen atoms in total. The van der Waals surface area contributed by atoms with Crippen LogP contribution < -0.4 is 5.73 Å². The average Bonchev–Trinajstić information content (AvgIpc) is 2.65. The molecule has 0 atom stereocenters. The summed E-state index contributed by atoms with van der Waals surface area (Å²) in [5.41, 5.74) is 7.61. The van der Waals surface area contributed by atoms with Crippen LogP contribution in [-0.4, -0.2) is 14.8 Å². The quantitative estimate of drug-likeness (QED) is 0.851. The van der Waals surface area contributed by atoms with Gasteiger partial charge in [-0.05, 0) is 34.2 Å². The Bertz CT molecular complexity index is 438. The fourth-order valence-corrected chi connectivity index (χ4v) is 1.61. The maximum atomic E-state index is 5.62. The van der Waals surface area contributed by atoms with Gasteiger partial charge >= 0.3 is 0 Å². The normalized spacial score (nSPS) is 10.4. The Hall–Kier alpha value is -0.950. The second-order valence-electron chi connectivity index (χ2n) is 2.81. The zero-order valence-electron chi connectivity index (χ0n) is 7.39. The van der Waals surface area contributed by atoms with Gasteiger partial charge in [0.25, 0.3) is 0 Å². The first-order chi connectivity index (χ1) is 6.81. The van der Waals surface area contributed by atoms with Gasteiger partial charge in [0, 0.05) is 18.9 Å². The van der Waals surface area contributed by atoms with Crippen molar-refractivity contribution in [1.29, 1.82) is 0 Å². The van der Waals surface area contributed by atoms with E-state index in [1.807, 2.05) is 12.3 Å². The molecule has 0 spiro atoms. The lowest BCUT2D eigenvalue weighted by molar-refractivity contribution is 0.850. The molecule has 2 aromatic heterocycles. The molecule has 5 heteroatoms. The lowest BCUT2D eigenvalue weighted by Gasteiger charge is -2.05. The minimum absolute atomic E-state index is 0.494. The van der Waals surface area contributed by atoms with Crippen LogP contribution in [0.25, 0.3) is 5.69 Å². The van der Waals surface area contributed by atoms with Crippen LogP contribution in [0.5, 0.6) is 0 Å². The molecule has 0 fully saturated rings. The number of halogens is 1. The third kappa shape index (κ3) is 1.78. The Morgan fingerprint density at radius 1 is 1.43 bits per heavy atom. The van der Waals surface area contributed by atoms with Crippen LogP contribution in [0.4, 0.5) is 0 Å². The van der Waals surface area contributed by atoms with Gasteiger partial charge in [-0.15, -0.1) is 0 Å². The van der Waals surface area contributed by atoms with Gasteiger partial charge in [0.1, 0.15) is 0 Å². The van der Waals surface area contributed by atoms with E-state index in [-0.39, 0.29) is 0 Å². The van der Waals surface area contributed by atoms with Crippen molar-refractivity contribution < 1.29 is 0 Å². The van der Waals surface area contributed by atoms with Crippen molar-refractivity contribution in [2.75, 3.05) is 0 Å². The fraction of sp³-hybridized carbons (Fsp3) is 0.111. The molecule has 14 heavy (non-hydrogen) atoms. The zero-order chi connectivity index (χ0) is 9.97. The first-order valence-electron chi connectivity index (χ1n) is 4.15. The van der Waals surface area contributed by atoms with Crippen LogP contribution in [-0.2, 0) is 6.54 Å². The van der Waals surface area contributed by atoms with E-state index in [9.17, 15) is 0 Å². The van der Waals surface area contributed by atoms with Gasteiger partial charge in [-0.3, -0.25) is 4.98 Å². The van der Waals surface area contributed by atoms with Gasteiger partial charge in [0.15, 0.2) is 0 Å². The average molecular weight is 300 g/mol. The van der Waals surface area contributed by atoms with Crippen LogP contribution in [0.2, 0.25) is 0 Å². The second kappa shape index (κ2) is 4.05. The predicted octanol–water partition coefficient (Wildman–Crippen LogP) is 1.33. The largest absolute Gasteiger partial charge is 0.326 e. The number of hydrogen-bond donors (Lipinski definition) is 1. The van der Waals surface area contributed by atoms with E-state index in [0.717, 1.165) is 14.8 Å². The molecule has 2 aromatic rings. The zero-order valence-corrected chi connectivity index (χ0v) is 9.55. The molecule has 2 rings (SSSR count). The van der Waals surface area contributed by atoms with E-state index >= 15 is 0 Å². The van der Waals surface area contributed by atoms with Crippen molar-refractivity contribution in [2.24, 2.45) is 5.73 Å². The Balaban J connectivity index is 2.50. The van der Waals surface area contributed by atoms with Gasteiger partial charge in [-0.2, -0.15) is 5.10 Å². The summed E-state index contributed by atoms with van der Waals surface area (Å²) in [5.74, 6) is 0. The second-order valence-corrected chi connectivity index (χ2v) is 4.06. The maximum absolute atomic E-state index is 5.62. The fourth-order valence-electron chi connectivity index (χ4n) is 1.23. The highest BCUT2D eigenvalue weighted by Crippen LogP contribution is 2.13. The molecule has 0 unspecified atom stereocenters. The Morgan fingerprint density at radius 2 is 2.29 bits per heavy atom. The summed E-state index contributed by atoms with van der Waals surface area (Å²) in [6, 6.07) is 1.91. The summed E-state index contributed by atoms with van der Waals surface area (Å²) in [4.78, 5) is 4.06. The van der Waals surface area contributed by atoms with Crippen LogP contribution in [0, 0.1) is 3.57 Å². The highest BCUT2D eigenvalue weighted by atomic mass is 127. The molecule has 2 N–H and O–H groups in total. The van der Waals surface area contributed by atoms with Crippen molar-refractivity contribution in [3.8, 4) is 5.69 Å². The minimum Gasteiger partial charge on any atom is -0.326 e. The van der Waals surface area contributed by atoms with E-state index in [4.69, 9.17) is 5.73 Å². The molecular formula is C9H9IN4. The third-order valence-electron chi connectivity index (χ3n) is 1.91. The number of nitrogens with zero attached hydrogens (tertiary/aromatic N) is 3. The summed E-state index contributed by atoms with van der Waals surface area (Å²) in [7, 11) is 0. The van der Waals surface area contributed by atoms with Crippen molar-refractivity contribution in [1.82, 2.24) is 14.8 Å². The molecule has 2 heterocycles. The molecule has 72 valence electrons. The van der Waals surface area contributed by atoms with Crippen LogP contribution in [0.15, 0.2) is 30.9 Å². The van der Waals surface area contributed by atoms with Gasteiger partial charge in [-0.25, -0.2) is 4.68 Å². The molecule has 0 aliphatic rings. The molecule has 0 amide bonds. The highest BCUT2D eigenvalue weighted by molar-refractivity contribution is 14.1. The Kier molecular flexibility index (Phi) is 2.78. The first-order valence-corrected chi connectivity index (χ1v) is 5.22. The van der Waals surface area contributed by atoms with Crippen molar-refractivity contribution >= 4 is 22.6 Å². The van der Waals surface area contributed by atoms with E-state index in [0.29, 0.717) is 6.54 Å². The number of rotatable bonds is 2. The van der Waals surface area contributed by atoms with Crippen LogP contribution in [0.3, 0.4) is 0 Å². The standard InChI is InChI=1S/C9H9IN4/c10-8-4-13-14(6-8)9-5-12-2-1-7(9)3-11/h1-2,4-6H,3,11H2. The summed E-state index contributed by atoms with van der Waals surface area (Å²) in [6.07, 6.45) is 7.25. The molecule has 0 bridgehead atoms. The monoisotopic (exact) mass is 300 g/mol. The molecule has 0 radical (unpaired) electrons. The lowest BCUT2D eigenvalue weighted by Crippen LogP contribution is -2.05. The van der Waals surface area contributed by atoms with E-state index < -0.39 is 0 Å². The predicted molar refractivity (Wildman–Crippen MR) is 62.0 cm³/mol. The van der Waals surface area contributed by atoms with Crippen LogP contribution >= 0.6 is 22.6 Å². The van der Waals surface area contributed by atoms with Crippen molar-refractivity contribution in [2.45, 2.75) is 6.54 Å². The van der Waals surface area contributed by atoms with E-state index in [2.05, 4.69) is 32.7 Å². The molecule has 0 saturated heterocycles. The lowest BCUT2D eigenvalue weighted by atomic mass is 10.2. The van der Waals surface area contributed by atoms with Gasteiger partial charge in [-0.1, -0.05) is 0 Å². The number of aromatic nitrogens is 3. The van der Waals surface area contributed by atoms with E-state index in [1.165, 1.54) is 0 Å². The van der Waals surface area contributed by atoms with Gasteiger partial charge in [0.05, 0.1) is 21.7 Å². The number of pyridine rings is 1. The molecule has 0 aliphatic carbocycles. The maximum Gasteiger partial charge on any atom is 0.0873 e. The van der Waals surface area contributed by atoms with Crippen LogP contribution in [0.1, 0.15) is 5.56 Å². The summed E-state index contributed by atoms with van der Waals surface area (Å²) in [6.45, 7) is 0.494. The Labute approximate surface area is 95.3 Å². The van der Waals surface area contributed by atoms with Crippen molar-refractivity contribution in [3.63, 3.8) is 0 Å². The summed E-state index contributed by atoms with van der Waals surface area (Å²) >= 11 is 2.22. The summed E-state index contributed by atoms with van der Waals surface area (Å²) in [5, 5.41) is 4.21. The molecule has 0 saturated carbocycles. The smallest absolute Gasteiger partial charge is 0.0873 e. The minimum atomic E-state index is 0.494. The SMILES string of the molecule is NCc1ccncc1-n1cc(I)cn1. The first kappa shape index (κ1) is 9.60. The van der Waals surface area contributed by atoms with E-state index in [1.54, 1.807) is 23.3 Å². The third-order valence-corrected chi connectivity index (χ3v) is 2.46. The molecular weight excluding hydrogens is 291 g/mol. The topological polar surface area (TPSA) is 56.7 Å². The molecule has 0 aromatic carbocycles. The number of nitrogens with two attached hydrogens (primary N) is 1. The van der Waals surface area contributed by atoms with Gasteiger partial charge < -0.3 is 5.73 Å². The highest BCUT2D eigenvalue weighted by Gasteiger charge is 2.03. The number of hydrogen-bond acceptors (Lipinski definition) is 3. The summed E-state index contributed by atoms with van der Waals surface area (Å²) < 4.78 is 2.88. The van der Waals surface area contributed by atoms with Gasteiger partial charge in [0.2, 0.25) is 0 Å². The Morgan fingerprint density at radius 3 is 2.93 bits per heavy atom. The van der Waals surface area contributed by atoms with Crippen molar-refractivity contribution in [3.05, 3.63) is 40.0 Å².